The molecule has 3 aromatic heterocycles. The van der Waals surface area contributed by atoms with E-state index in [1.165, 1.54) is 43.8 Å². The van der Waals surface area contributed by atoms with Gasteiger partial charge in [-0.25, -0.2) is 14.8 Å². The third-order valence-corrected chi connectivity index (χ3v) is 15.6. The standard InChI is InChI=1S/C57H80N16O17/c1-29(74)46(59)55(87)72-19-7-12-42(72)54(86)70-41(23-33-26-61-28-64-33)52(84)68-39(21-31-24-62-35-10-4-3-9-34(31)35)50(82)69-40(22-32-25-60-27-63-32)51(83)66-37(14-16-44(76)77)48(80)65-36(11-5-6-18-58)49(81)71-47(30(2)75)56(88)73-20-8-13-43(73)53(85)67-38(57(89)90)15-17-45(78)79/h3-4,9-10,24-30,36-43,46-47,62,74-75H,5-8,11-23,58-59H2,1-2H3,(H,60,63)(H,61,64)(H,65,80)(H,66,83)(H,67,85)(H,68,84)(H,69,82)(H,70,86)(H,71,81)(H,76,77)(H,78,79)(H,89,90)/t29-,30-,36+,37+,38+,39+,40+,41+,42+,43+,46+,47+/m1/s1. The minimum absolute atomic E-state index is 0.0449. The first-order valence-electron chi connectivity index (χ1n) is 29.6. The van der Waals surface area contributed by atoms with Gasteiger partial charge in [-0.1, -0.05) is 18.2 Å². The molecule has 1 aromatic carbocycles. The first-order valence-corrected chi connectivity index (χ1v) is 29.6. The predicted octanol–water partition coefficient (Wildman–Crippen LogP) is -3.95. The number of nitrogens with two attached hydrogens (primary N) is 2. The Balaban J connectivity index is 1.25. The number of aliphatic hydroxyl groups is 2. The van der Waals surface area contributed by atoms with Crippen LogP contribution in [-0.2, 0) is 76.8 Å². The Kier molecular flexibility index (Phi) is 25.8. The number of H-pyrrole nitrogens is 3. The number of unbranched alkanes of at least 4 members (excludes halogenated alkanes) is 1. The van der Waals surface area contributed by atoms with E-state index in [1.54, 1.807) is 30.5 Å². The highest BCUT2D eigenvalue weighted by Crippen LogP contribution is 2.23. The van der Waals surface area contributed by atoms with Crippen molar-refractivity contribution in [1.29, 1.82) is 0 Å². The molecule has 0 saturated carbocycles. The maximum absolute atomic E-state index is 15.0. The molecule has 0 bridgehead atoms. The van der Waals surface area contributed by atoms with Crippen molar-refractivity contribution in [3.63, 3.8) is 0 Å². The Morgan fingerprint density at radius 3 is 1.54 bits per heavy atom. The van der Waals surface area contributed by atoms with Crippen molar-refractivity contribution in [1.82, 2.24) is 71.9 Å². The molecule has 12 atom stereocenters. The van der Waals surface area contributed by atoms with Gasteiger partial charge in [0.2, 0.25) is 53.2 Å². The number of likely N-dealkylation sites (tertiary alicyclic amines) is 2. The molecule has 33 heteroatoms. The number of aliphatic hydroxyl groups excluding tert-OH is 2. The van der Waals surface area contributed by atoms with Crippen LogP contribution in [0.4, 0.5) is 0 Å². The summed E-state index contributed by atoms with van der Waals surface area (Å²) >= 11 is 0. The minimum atomic E-state index is -1.76. The molecular weight excluding hydrogens is 1180 g/mol. The SMILES string of the molecule is C[C@@H](O)[C@H](N)C(=O)N1CCC[C@H]1C(=O)N[C@@H](Cc1cnc[nH]1)C(=O)N[C@@H](Cc1c[nH]c2ccccc12)C(=O)N[C@@H](Cc1cnc[nH]1)C(=O)N[C@@H](CCC(=O)O)C(=O)N[C@@H](CCCCN)C(=O)N[C@H](C(=O)N1CCC[C@H]1C(=O)N[C@@H](CCC(=O)O)C(=O)O)[C@@H](C)O. The quantitative estimate of drug-likeness (QED) is 0.0196. The molecule has 4 aromatic rings. The summed E-state index contributed by atoms with van der Waals surface area (Å²) in [5, 5.41) is 68.1. The number of rotatable bonds is 35. The zero-order chi connectivity index (χ0) is 65.8. The molecule has 2 saturated heterocycles. The number of carboxylic acid groups (broad SMARTS) is 3. The Morgan fingerprint density at radius 2 is 1.04 bits per heavy atom. The van der Waals surface area contributed by atoms with Gasteiger partial charge in [-0.15, -0.1) is 0 Å². The maximum Gasteiger partial charge on any atom is 0.326 e. The summed E-state index contributed by atoms with van der Waals surface area (Å²) in [5.41, 5.74) is 13.6. The average Bonchev–Trinajstić information content (AvgIpc) is 2.29. The number of carbonyl (C=O) groups is 12. The highest BCUT2D eigenvalue weighted by Gasteiger charge is 2.43. The van der Waals surface area contributed by atoms with Gasteiger partial charge in [0.1, 0.15) is 60.4 Å². The highest BCUT2D eigenvalue weighted by molar-refractivity contribution is 5.99. The van der Waals surface area contributed by atoms with Crippen molar-refractivity contribution in [2.45, 2.75) is 176 Å². The molecule has 490 valence electrons. The topological polar surface area (TPSA) is 522 Å². The first kappa shape index (κ1) is 69.8. The number of carboxylic acids is 3. The van der Waals surface area contributed by atoms with Crippen LogP contribution in [0.5, 0.6) is 0 Å². The number of aliphatic carboxylic acids is 3. The average molecular weight is 1260 g/mol. The molecule has 0 unspecified atom stereocenters. The van der Waals surface area contributed by atoms with Gasteiger partial charge in [-0.05, 0) is 89.8 Å². The van der Waals surface area contributed by atoms with Gasteiger partial charge in [0.05, 0.1) is 24.9 Å². The van der Waals surface area contributed by atoms with Gasteiger partial charge in [0.15, 0.2) is 0 Å². The second-order valence-electron chi connectivity index (χ2n) is 22.4. The number of para-hydroxylation sites is 1. The number of hydrogen-bond acceptors (Lipinski definition) is 18. The molecule has 5 heterocycles. The second kappa shape index (κ2) is 33.3. The third kappa shape index (κ3) is 19.6. The van der Waals surface area contributed by atoms with Crippen LogP contribution in [0, 0.1) is 0 Å². The lowest BCUT2D eigenvalue weighted by Gasteiger charge is -2.31. The van der Waals surface area contributed by atoms with Crippen molar-refractivity contribution in [3.05, 3.63) is 72.5 Å². The van der Waals surface area contributed by atoms with E-state index in [-0.39, 0.29) is 76.7 Å². The largest absolute Gasteiger partial charge is 0.481 e. The van der Waals surface area contributed by atoms with Crippen LogP contribution >= 0.6 is 0 Å². The Labute approximate surface area is 515 Å². The number of carbonyl (C=O) groups excluding carboxylic acids is 9. The zero-order valence-electron chi connectivity index (χ0n) is 49.7. The lowest BCUT2D eigenvalue weighted by atomic mass is 10.0. The molecule has 0 radical (unpaired) electrons. The fourth-order valence-corrected chi connectivity index (χ4v) is 10.7. The predicted molar refractivity (Wildman–Crippen MR) is 315 cm³/mol. The van der Waals surface area contributed by atoms with Gasteiger partial charge in [0, 0.05) is 86.1 Å². The summed E-state index contributed by atoms with van der Waals surface area (Å²) < 4.78 is 0. The lowest BCUT2D eigenvalue weighted by molar-refractivity contribution is -0.146. The Morgan fingerprint density at radius 1 is 0.578 bits per heavy atom. The van der Waals surface area contributed by atoms with Crippen molar-refractivity contribution < 1.29 is 83.1 Å². The van der Waals surface area contributed by atoms with E-state index in [0.29, 0.717) is 35.0 Å². The monoisotopic (exact) mass is 1260 g/mol. The molecule has 19 N–H and O–H groups in total. The van der Waals surface area contributed by atoms with Crippen molar-refractivity contribution in [3.8, 4) is 0 Å². The number of aromatic amines is 3. The molecule has 2 fully saturated rings. The van der Waals surface area contributed by atoms with Crippen LogP contribution in [0.15, 0.2) is 55.5 Å². The van der Waals surface area contributed by atoms with E-state index < -0.39 is 169 Å². The van der Waals surface area contributed by atoms with Crippen LogP contribution in [0.3, 0.4) is 0 Å². The summed E-state index contributed by atoms with van der Waals surface area (Å²) in [6.45, 7) is 2.74. The molecule has 6 rings (SSSR count). The molecule has 2 aliphatic rings. The van der Waals surface area contributed by atoms with Gasteiger partial charge in [-0.3, -0.25) is 52.7 Å². The summed E-state index contributed by atoms with van der Waals surface area (Å²) in [6.07, 6.45) is 2.35. The van der Waals surface area contributed by atoms with Gasteiger partial charge in [0.25, 0.3) is 0 Å². The minimum Gasteiger partial charge on any atom is -0.481 e. The number of nitrogens with zero attached hydrogens (tertiary/aromatic N) is 4. The van der Waals surface area contributed by atoms with Crippen molar-refractivity contribution in [2.24, 2.45) is 11.5 Å². The maximum atomic E-state index is 15.0. The smallest absolute Gasteiger partial charge is 0.326 e. The summed E-state index contributed by atoms with van der Waals surface area (Å²) in [7, 11) is 0. The number of benzene rings is 1. The van der Waals surface area contributed by atoms with Crippen molar-refractivity contribution in [2.75, 3.05) is 19.6 Å². The molecule has 9 amide bonds. The summed E-state index contributed by atoms with van der Waals surface area (Å²) in [4.78, 5) is 182. The van der Waals surface area contributed by atoms with E-state index >= 15 is 0 Å². The van der Waals surface area contributed by atoms with Crippen LogP contribution in [-0.4, -0.2) is 224 Å². The fourth-order valence-electron chi connectivity index (χ4n) is 10.7. The molecule has 90 heavy (non-hydrogen) atoms. The van der Waals surface area contributed by atoms with E-state index in [4.69, 9.17) is 16.6 Å². The van der Waals surface area contributed by atoms with Crippen LogP contribution in [0.2, 0.25) is 0 Å². The zero-order valence-corrected chi connectivity index (χ0v) is 49.7. The molecule has 33 nitrogen and oxygen atoms in total. The number of imidazole rings is 2. The first-order chi connectivity index (χ1) is 42.9. The van der Waals surface area contributed by atoms with E-state index in [9.17, 15) is 78.0 Å². The van der Waals surface area contributed by atoms with Crippen LogP contribution < -0.4 is 48.7 Å². The van der Waals surface area contributed by atoms with Crippen molar-refractivity contribution >= 4 is 82.0 Å². The molecule has 0 aliphatic carbocycles. The number of amides is 9. The van der Waals surface area contributed by atoms with Crippen LogP contribution in [0.25, 0.3) is 10.9 Å². The molecule has 2 aliphatic heterocycles. The lowest BCUT2D eigenvalue weighted by Crippen LogP contribution is -2.62. The fraction of sp³-hybridized carbons (Fsp3) is 0.544. The van der Waals surface area contributed by atoms with Gasteiger partial charge in [-0.2, -0.15) is 0 Å². The van der Waals surface area contributed by atoms with Crippen LogP contribution in [0.1, 0.15) is 101 Å². The number of aromatic nitrogens is 5. The normalized spacial score (nSPS) is 18.1. The summed E-state index contributed by atoms with van der Waals surface area (Å²) in [6, 6.07) is -7.86. The molecular formula is C57H80N16O17. The highest BCUT2D eigenvalue weighted by atomic mass is 16.4. The second-order valence-corrected chi connectivity index (χ2v) is 22.4. The van der Waals surface area contributed by atoms with Gasteiger partial charge >= 0.3 is 17.9 Å². The number of nitrogens with one attached hydrogen (secondary N) is 10. The van der Waals surface area contributed by atoms with E-state index in [1.807, 2.05) is 0 Å². The third-order valence-electron chi connectivity index (χ3n) is 15.6. The number of fused-ring (bicyclic) bond motifs is 1. The van der Waals surface area contributed by atoms with E-state index in [0.717, 1.165) is 4.90 Å². The van der Waals surface area contributed by atoms with E-state index in [2.05, 4.69) is 62.1 Å². The van der Waals surface area contributed by atoms with Gasteiger partial charge < -0.3 is 99.0 Å². The Hall–Kier alpha value is -9.34. The number of hydrogen-bond donors (Lipinski definition) is 17. The Bertz CT molecular complexity index is 3160. The molecule has 0 spiro atoms. The summed E-state index contributed by atoms with van der Waals surface area (Å²) in [5.74, 6) is -12.5.